The highest BCUT2D eigenvalue weighted by molar-refractivity contribution is 7.18. The van der Waals surface area contributed by atoms with Crippen LogP contribution in [0.25, 0.3) is 41.8 Å². The first kappa shape index (κ1) is 108. The Kier molecular flexibility index (Phi) is 35.2. The van der Waals surface area contributed by atoms with E-state index in [-0.39, 0.29) is 181 Å². The van der Waals surface area contributed by atoms with Crippen LogP contribution in [0.4, 0.5) is 49.6 Å². The summed E-state index contributed by atoms with van der Waals surface area (Å²) in [5.41, 5.74) is 0.164. The molecule has 8 aromatic rings. The number of aryl methyl sites for hydroxylation is 1. The van der Waals surface area contributed by atoms with Gasteiger partial charge in [-0.25, -0.2) is 66.2 Å². The van der Waals surface area contributed by atoms with Gasteiger partial charge < -0.3 is 87.3 Å². The zero-order valence-corrected chi connectivity index (χ0v) is 85.6. The first-order valence-electron chi connectivity index (χ1n) is 48.3. The van der Waals surface area contributed by atoms with Gasteiger partial charge in [0.1, 0.15) is 46.0 Å². The Hall–Kier alpha value is -10.5. The van der Waals surface area contributed by atoms with Crippen molar-refractivity contribution in [2.75, 3.05) is 60.7 Å². The largest absolute Gasteiger partial charge is 0.393 e. The van der Waals surface area contributed by atoms with Crippen molar-refractivity contribution in [2.45, 2.75) is 335 Å². The number of aliphatic hydroxyl groups excluding tert-OH is 4. The summed E-state index contributed by atoms with van der Waals surface area (Å²) in [6.45, 7) is 33.7. The van der Waals surface area contributed by atoms with Crippen LogP contribution in [-0.4, -0.2) is 262 Å². The molecule has 3 aliphatic carbocycles. The predicted octanol–water partition coefficient (Wildman–Crippen LogP) is 16.3. The normalized spacial score (nSPS) is 22.5. The number of carbonyl (C=O) groups excluding carboxylic acids is 8. The number of hydrogen-bond donors (Lipinski definition) is 12. The minimum absolute atomic E-state index is 0.00332. The molecule has 13 atom stereocenters. The standard InChI is InChI=1S/C25H33F2N5O3S.C25H35N5O3S.C24H31F2N5O4S.C24H31F2N5O3S/c1-13-7-6-10-32(13)24(35)19-20(36-23(30-19)22(34)29-16-8-5-9-17(16)33)15-12-28-18(31-25(2,3)4)11-14(15)21(26)27;1-5-15(3)27-20-11-14(2)19(13-26-20)22-21(25(33)30-10-6-7-16(30)4)29-24(34-22)23(32)28-17-8-9-18(31)12-17;1-12-6-5-7-31(12)23(34)18-19(36-22(29-18)21(33)28-15-10-35-11-16(15)32)14-9-27-17(30-24(2,3)4)8-13(14)20(25)26;1-12-6-5-9-31(12)23(34)18-19(35-22(29-18)21(33)28-15-7-8-16(15)32)14-11-27-17(30-24(2,3)4)10-13(14)20(25)26/h11-13,16-17,21,33H,5-10H2,1-4H3,(H,28,31)(H,29,34);11,13,15-18,31H,5-10,12H2,1-4H3,(H,26,27)(H,28,32);8-9,12,15-16,20,32H,5-7,10-11H2,1-4H3,(H,27,30)(H,28,33);10-12,15-16,20,32H,5-9H2,1-4H3,(H,27,30)(H,28,33)/t13-,16+,17+;15-,16+,17+,18+;2*12-,15+,16+/m0100/s1. The smallest absolute Gasteiger partial charge is 0.280 e. The third-order valence-electron chi connectivity index (χ3n) is 25.9. The molecule has 8 amide bonds. The first-order valence-corrected chi connectivity index (χ1v) is 51.6. The molecule has 0 unspecified atom stereocenters. The van der Waals surface area contributed by atoms with Gasteiger partial charge in [0, 0.05) is 143 Å². The Labute approximate surface area is 832 Å². The number of thiazole rings is 4. The number of likely N-dealkylation sites (tertiary alicyclic amines) is 4. The number of nitrogens with one attached hydrogen (secondary N) is 8. The monoisotopic (exact) mass is 2040 g/mol. The molecule has 12 N–H and O–H groups in total. The first-order chi connectivity index (χ1) is 66.6. The highest BCUT2D eigenvalue weighted by Crippen LogP contribution is 2.45. The van der Waals surface area contributed by atoms with E-state index >= 15 is 0 Å². The van der Waals surface area contributed by atoms with E-state index in [1.807, 2.05) is 101 Å². The van der Waals surface area contributed by atoms with Gasteiger partial charge in [0.25, 0.3) is 66.5 Å². The van der Waals surface area contributed by atoms with Gasteiger partial charge in [-0.1, -0.05) is 6.92 Å². The molecule has 0 radical (unpaired) electrons. The minimum Gasteiger partial charge on any atom is -0.393 e. The van der Waals surface area contributed by atoms with Crippen LogP contribution in [0.3, 0.4) is 0 Å². The van der Waals surface area contributed by atoms with E-state index in [9.17, 15) is 85.1 Å². The van der Waals surface area contributed by atoms with Crippen molar-refractivity contribution in [3.8, 4) is 41.8 Å². The maximum atomic E-state index is 14.2. The van der Waals surface area contributed by atoms with Gasteiger partial charge in [0.05, 0.1) is 75.3 Å². The molecule has 8 aromatic heterocycles. The van der Waals surface area contributed by atoms with Gasteiger partial charge in [-0.2, -0.15) is 0 Å². The lowest BCUT2D eigenvalue weighted by Crippen LogP contribution is -2.50. The van der Waals surface area contributed by atoms with Crippen molar-refractivity contribution in [2.24, 2.45) is 0 Å². The van der Waals surface area contributed by atoms with Crippen LogP contribution >= 0.6 is 45.3 Å². The Morgan fingerprint density at radius 1 is 0.411 bits per heavy atom. The van der Waals surface area contributed by atoms with E-state index < -0.39 is 78.8 Å². The average Bonchev–Trinajstić information content (AvgIpc) is 1.65. The van der Waals surface area contributed by atoms with E-state index in [1.54, 1.807) is 20.9 Å². The molecule has 0 bridgehead atoms. The van der Waals surface area contributed by atoms with Crippen LogP contribution in [0.2, 0.25) is 0 Å². The fourth-order valence-electron chi connectivity index (χ4n) is 18.0. The van der Waals surface area contributed by atoms with Gasteiger partial charge in [-0.3, -0.25) is 38.4 Å². The summed E-state index contributed by atoms with van der Waals surface area (Å²) in [4.78, 5) is 149. The molecule has 8 aliphatic rings. The minimum atomic E-state index is -2.85. The molecule has 766 valence electrons. The topological polar surface area (TPSA) is 439 Å². The highest BCUT2D eigenvalue weighted by atomic mass is 32.1. The molecule has 13 heterocycles. The summed E-state index contributed by atoms with van der Waals surface area (Å²) >= 11 is 3.89. The number of aliphatic hydroxyl groups is 4. The Bertz CT molecular complexity index is 5650. The highest BCUT2D eigenvalue weighted by Gasteiger charge is 2.42. The van der Waals surface area contributed by atoms with E-state index in [4.69, 9.17) is 4.74 Å². The second-order valence-electron chi connectivity index (χ2n) is 40.7. The number of carbonyl (C=O) groups is 8. The third-order valence-corrected chi connectivity index (χ3v) is 30.3. The molecule has 0 spiro atoms. The van der Waals surface area contributed by atoms with Gasteiger partial charge in [0.2, 0.25) is 0 Å². The van der Waals surface area contributed by atoms with E-state index in [0.29, 0.717) is 93.0 Å². The van der Waals surface area contributed by atoms with Crippen LogP contribution in [0, 0.1) is 6.92 Å². The van der Waals surface area contributed by atoms with Gasteiger partial charge in [-0.05, 0) is 243 Å². The van der Waals surface area contributed by atoms with Gasteiger partial charge in [-0.15, -0.1) is 45.3 Å². The second-order valence-corrected chi connectivity index (χ2v) is 44.7. The van der Waals surface area contributed by atoms with E-state index in [0.717, 1.165) is 122 Å². The summed E-state index contributed by atoms with van der Waals surface area (Å²) in [7, 11) is 0. The number of aromatic nitrogens is 8. The molecule has 33 nitrogen and oxygen atoms in total. The molecule has 141 heavy (non-hydrogen) atoms. The zero-order valence-electron chi connectivity index (χ0n) is 82.4. The number of rotatable bonds is 25. The van der Waals surface area contributed by atoms with Gasteiger partial charge in [0.15, 0.2) is 20.0 Å². The van der Waals surface area contributed by atoms with Crippen molar-refractivity contribution < 1.29 is 89.9 Å². The average molecular weight is 2040 g/mol. The number of anilines is 4. The molecule has 8 fully saturated rings. The van der Waals surface area contributed by atoms with Crippen molar-refractivity contribution in [1.82, 2.24) is 80.7 Å². The number of ether oxygens (including phenoxy) is 1. The molecular weight excluding hydrogens is 1910 g/mol. The molecule has 0 aromatic carbocycles. The van der Waals surface area contributed by atoms with Crippen LogP contribution < -0.4 is 42.5 Å². The lowest BCUT2D eigenvalue weighted by atomic mass is 9.89. The molecule has 16 rings (SSSR count). The molecule has 5 saturated heterocycles. The number of halogens is 6. The molecule has 3 saturated carbocycles. The maximum Gasteiger partial charge on any atom is 0.280 e. The fraction of sp³-hybridized carbons (Fsp3) is 0.592. The predicted molar refractivity (Wildman–Crippen MR) is 530 cm³/mol. The van der Waals surface area contributed by atoms with Crippen LogP contribution in [0.15, 0.2) is 49.1 Å². The number of alkyl halides is 6. The summed E-state index contributed by atoms with van der Waals surface area (Å²) in [5, 5.41) is 63.7. The Balaban J connectivity index is 0.000000158. The van der Waals surface area contributed by atoms with Crippen LogP contribution in [0.1, 0.15) is 336 Å². The maximum absolute atomic E-state index is 14.2. The third kappa shape index (κ3) is 26.7. The Morgan fingerprint density at radius 2 is 0.745 bits per heavy atom. The van der Waals surface area contributed by atoms with Crippen molar-refractivity contribution >= 4 is 116 Å². The molecule has 43 heteroatoms. The number of nitrogens with zero attached hydrogens (tertiary/aromatic N) is 12. The number of amides is 8. The zero-order chi connectivity index (χ0) is 102. The SMILES string of the molecule is CC[C@@H](C)Nc1cc(C)c(-c2sc(C(=O)N[C@H]3CC[C@H](O)C3)nc2C(=O)N2CCC[C@@H]2C)cn1.C[C@H]1CCCN1C(=O)c1nc(C(=O)N[C@@H]2CCC[C@H]2O)sc1-c1cnc(NC(C)(C)C)cc1C(F)F.C[C@H]1CCCN1C(=O)c1nc(C(=O)N[C@@H]2CC[C@H]2O)sc1-c1cnc(NC(C)(C)C)cc1C(F)F.C[C@H]1CCCN1C(=O)c1nc(C(=O)N[C@@H]2COC[C@H]2O)sc1-c1cnc(NC(C)(C)C)cc1C(F)F. The molecule has 5 aliphatic heterocycles. The van der Waals surface area contributed by atoms with Crippen molar-refractivity contribution in [3.63, 3.8) is 0 Å². The molecular formula is C98H130F6N20O13S4. The summed E-state index contributed by atoms with van der Waals surface area (Å²) < 4.78 is 90.4. The van der Waals surface area contributed by atoms with E-state index in [1.165, 1.54) is 48.1 Å². The van der Waals surface area contributed by atoms with Gasteiger partial charge >= 0.3 is 0 Å². The van der Waals surface area contributed by atoms with Crippen LogP contribution in [-0.2, 0) is 4.74 Å². The summed E-state index contributed by atoms with van der Waals surface area (Å²) in [6, 6.07) is 4.75. The lowest BCUT2D eigenvalue weighted by Gasteiger charge is -2.32. The summed E-state index contributed by atoms with van der Waals surface area (Å²) in [5.74, 6) is -1.63. The number of pyridine rings is 4. The summed E-state index contributed by atoms with van der Waals surface area (Å²) in [6.07, 6.45) is 7.92. The van der Waals surface area contributed by atoms with Crippen molar-refractivity contribution in [3.05, 3.63) is 114 Å². The Morgan fingerprint density at radius 3 is 1.02 bits per heavy atom. The fourth-order valence-corrected chi connectivity index (χ4v) is 22.0. The van der Waals surface area contributed by atoms with Crippen molar-refractivity contribution in [1.29, 1.82) is 0 Å². The quantitative estimate of drug-likeness (QED) is 0.0236. The lowest BCUT2D eigenvalue weighted by molar-refractivity contribution is 0.0447. The second kappa shape index (κ2) is 46.0. The van der Waals surface area contributed by atoms with Crippen LogP contribution in [0.5, 0.6) is 0 Å². The van der Waals surface area contributed by atoms with E-state index in [2.05, 4.69) is 103 Å². The number of hydrogen-bond acceptors (Lipinski definition) is 29.